The Hall–Kier alpha value is -3.03. The smallest absolute Gasteiger partial charge is 0.262 e. The number of carbonyl (C=O) groups is 1. The van der Waals surface area contributed by atoms with Crippen LogP contribution in [-0.2, 0) is 21.2 Å². The lowest BCUT2D eigenvalue weighted by molar-refractivity contribution is -0.115. The molecule has 0 radical (unpaired) electrons. The van der Waals surface area contributed by atoms with Gasteiger partial charge in [0, 0.05) is 16.4 Å². The Balaban J connectivity index is 1.75. The Bertz CT molecular complexity index is 1140. The van der Waals surface area contributed by atoms with Gasteiger partial charge in [0.2, 0.25) is 5.91 Å². The van der Waals surface area contributed by atoms with Crippen LogP contribution in [0.15, 0.2) is 71.6 Å². The Morgan fingerprint density at radius 1 is 0.967 bits per heavy atom. The van der Waals surface area contributed by atoms with Crippen LogP contribution in [0.3, 0.4) is 0 Å². The van der Waals surface area contributed by atoms with Crippen LogP contribution in [0.25, 0.3) is 0 Å². The van der Waals surface area contributed by atoms with Gasteiger partial charge in [-0.1, -0.05) is 29.8 Å². The molecule has 0 aliphatic heterocycles. The summed E-state index contributed by atoms with van der Waals surface area (Å²) in [4.78, 5) is 12.5. The van der Waals surface area contributed by atoms with Crippen molar-refractivity contribution in [2.75, 3.05) is 17.1 Å². The van der Waals surface area contributed by atoms with E-state index in [0.717, 1.165) is 5.56 Å². The van der Waals surface area contributed by atoms with Crippen molar-refractivity contribution >= 4 is 38.9 Å². The number of rotatable bonds is 7. The zero-order valence-corrected chi connectivity index (χ0v) is 18.0. The van der Waals surface area contributed by atoms with Gasteiger partial charge in [0.25, 0.3) is 10.0 Å². The Morgan fingerprint density at radius 3 is 2.23 bits per heavy atom. The predicted octanol–water partition coefficient (Wildman–Crippen LogP) is 4.64. The molecule has 6 nitrogen and oxygen atoms in total. The fourth-order valence-corrected chi connectivity index (χ4v) is 4.29. The van der Waals surface area contributed by atoms with E-state index in [1.807, 2.05) is 0 Å². The molecule has 0 bridgehead atoms. The highest BCUT2D eigenvalue weighted by Gasteiger charge is 2.18. The fourth-order valence-electron chi connectivity index (χ4n) is 2.83. The number of ether oxygens (including phenoxy) is 1. The minimum atomic E-state index is -3.84. The molecular weight excluding hydrogens is 424 g/mol. The summed E-state index contributed by atoms with van der Waals surface area (Å²) in [5, 5.41) is 3.26. The van der Waals surface area contributed by atoms with E-state index >= 15 is 0 Å². The summed E-state index contributed by atoms with van der Waals surface area (Å²) in [5.74, 6) is 0.457. The maximum atomic E-state index is 12.8. The highest BCUT2D eigenvalue weighted by Crippen LogP contribution is 2.24. The van der Waals surface area contributed by atoms with Crippen LogP contribution in [-0.4, -0.2) is 21.4 Å². The lowest BCUT2D eigenvalue weighted by Gasteiger charge is -2.13. The number of methoxy groups -OCH3 is 1. The molecule has 0 saturated carbocycles. The molecule has 0 unspecified atom stereocenters. The summed E-state index contributed by atoms with van der Waals surface area (Å²) in [6.45, 7) is 1.69. The second-order valence-corrected chi connectivity index (χ2v) is 8.75. The maximum Gasteiger partial charge on any atom is 0.262 e. The molecule has 0 aromatic heterocycles. The molecule has 1 amide bonds. The first-order valence-corrected chi connectivity index (χ1v) is 10.9. The maximum absolute atomic E-state index is 12.8. The van der Waals surface area contributed by atoms with Gasteiger partial charge in [-0.15, -0.1) is 0 Å². The second-order valence-electron chi connectivity index (χ2n) is 6.67. The Labute approximate surface area is 180 Å². The van der Waals surface area contributed by atoms with Crippen LogP contribution in [0.5, 0.6) is 5.75 Å². The van der Waals surface area contributed by atoms with Crippen LogP contribution in [0.2, 0.25) is 5.02 Å². The van der Waals surface area contributed by atoms with E-state index in [1.165, 1.54) is 6.07 Å². The standard InChI is InChI=1S/C22H21ClN2O4S/c1-15-3-8-19(24-22(26)13-16-4-11-20(29-2)12-5-16)14-21(15)30(27,28)25-18-9-6-17(23)7-10-18/h3-12,14,25H,13H2,1-2H3,(H,24,26). The molecule has 3 rings (SSSR count). The van der Waals surface area contributed by atoms with Crippen molar-refractivity contribution in [2.24, 2.45) is 0 Å². The van der Waals surface area contributed by atoms with Gasteiger partial charge < -0.3 is 10.1 Å². The third-order valence-corrected chi connectivity index (χ3v) is 6.16. The van der Waals surface area contributed by atoms with E-state index in [9.17, 15) is 13.2 Å². The summed E-state index contributed by atoms with van der Waals surface area (Å²) in [6, 6.07) is 18.3. The van der Waals surface area contributed by atoms with Gasteiger partial charge in [0.15, 0.2) is 0 Å². The molecule has 8 heteroatoms. The van der Waals surface area contributed by atoms with Gasteiger partial charge in [-0.3, -0.25) is 9.52 Å². The number of hydrogen-bond donors (Lipinski definition) is 2. The van der Waals surface area contributed by atoms with Crippen molar-refractivity contribution in [1.29, 1.82) is 0 Å². The summed E-state index contributed by atoms with van der Waals surface area (Å²) in [7, 11) is -2.26. The molecule has 3 aromatic rings. The van der Waals surface area contributed by atoms with E-state index in [-0.39, 0.29) is 17.2 Å². The van der Waals surface area contributed by atoms with E-state index < -0.39 is 10.0 Å². The number of aryl methyl sites for hydroxylation is 1. The van der Waals surface area contributed by atoms with Crippen LogP contribution in [0.4, 0.5) is 11.4 Å². The van der Waals surface area contributed by atoms with Crippen LogP contribution in [0.1, 0.15) is 11.1 Å². The summed E-state index contributed by atoms with van der Waals surface area (Å²) in [5.41, 5.74) is 2.17. The Kier molecular flexibility index (Phi) is 6.64. The third kappa shape index (κ3) is 5.52. The number of benzene rings is 3. The SMILES string of the molecule is COc1ccc(CC(=O)Nc2ccc(C)c(S(=O)(=O)Nc3ccc(Cl)cc3)c2)cc1. The minimum Gasteiger partial charge on any atom is -0.497 e. The number of hydrogen-bond acceptors (Lipinski definition) is 4. The first kappa shape index (κ1) is 21.7. The molecule has 0 heterocycles. The number of carbonyl (C=O) groups excluding carboxylic acids is 1. The lowest BCUT2D eigenvalue weighted by atomic mass is 10.1. The molecule has 156 valence electrons. The number of amides is 1. The van der Waals surface area contributed by atoms with Crippen molar-refractivity contribution < 1.29 is 17.9 Å². The molecule has 2 N–H and O–H groups in total. The van der Waals surface area contributed by atoms with Crippen molar-refractivity contribution in [3.05, 3.63) is 82.9 Å². The molecule has 3 aromatic carbocycles. The molecule has 30 heavy (non-hydrogen) atoms. The van der Waals surface area contributed by atoms with Gasteiger partial charge in [-0.05, 0) is 66.6 Å². The topological polar surface area (TPSA) is 84.5 Å². The number of sulfonamides is 1. The lowest BCUT2D eigenvalue weighted by Crippen LogP contribution is -2.17. The highest BCUT2D eigenvalue weighted by atomic mass is 35.5. The molecule has 0 spiro atoms. The molecule has 0 saturated heterocycles. The van der Waals surface area contributed by atoms with Gasteiger partial charge in [-0.2, -0.15) is 0 Å². The second kappa shape index (κ2) is 9.19. The van der Waals surface area contributed by atoms with Gasteiger partial charge in [0.05, 0.1) is 18.4 Å². The summed E-state index contributed by atoms with van der Waals surface area (Å²) < 4.78 is 33.3. The monoisotopic (exact) mass is 444 g/mol. The van der Waals surface area contributed by atoms with Crippen molar-refractivity contribution in [3.8, 4) is 5.75 Å². The average molecular weight is 445 g/mol. The predicted molar refractivity (Wildman–Crippen MR) is 119 cm³/mol. The first-order valence-electron chi connectivity index (χ1n) is 9.08. The van der Waals surface area contributed by atoms with Crippen LogP contribution in [0, 0.1) is 6.92 Å². The van der Waals surface area contributed by atoms with Gasteiger partial charge >= 0.3 is 0 Å². The zero-order valence-electron chi connectivity index (χ0n) is 16.5. The summed E-state index contributed by atoms with van der Waals surface area (Å²) >= 11 is 5.84. The van der Waals surface area contributed by atoms with Crippen LogP contribution < -0.4 is 14.8 Å². The normalized spacial score (nSPS) is 11.0. The van der Waals surface area contributed by atoms with Crippen LogP contribution >= 0.6 is 11.6 Å². The van der Waals surface area contributed by atoms with E-state index in [4.69, 9.17) is 16.3 Å². The Morgan fingerprint density at radius 2 is 1.60 bits per heavy atom. The fraction of sp³-hybridized carbons (Fsp3) is 0.136. The van der Waals surface area contributed by atoms with E-state index in [0.29, 0.717) is 27.7 Å². The molecule has 0 atom stereocenters. The molecule has 0 aliphatic rings. The number of nitrogens with one attached hydrogen (secondary N) is 2. The number of halogens is 1. The average Bonchev–Trinajstić information content (AvgIpc) is 2.71. The quantitative estimate of drug-likeness (QED) is 0.556. The highest BCUT2D eigenvalue weighted by molar-refractivity contribution is 7.92. The largest absolute Gasteiger partial charge is 0.497 e. The van der Waals surface area contributed by atoms with E-state index in [1.54, 1.807) is 74.7 Å². The minimum absolute atomic E-state index is 0.0831. The van der Waals surface area contributed by atoms with Gasteiger partial charge in [-0.25, -0.2) is 8.42 Å². The first-order chi connectivity index (χ1) is 14.3. The van der Waals surface area contributed by atoms with Crippen molar-refractivity contribution in [2.45, 2.75) is 18.2 Å². The summed E-state index contributed by atoms with van der Waals surface area (Å²) in [6.07, 6.45) is 0.156. The third-order valence-electron chi connectivity index (χ3n) is 4.38. The van der Waals surface area contributed by atoms with E-state index in [2.05, 4.69) is 10.0 Å². The van der Waals surface area contributed by atoms with Gasteiger partial charge in [0.1, 0.15) is 5.75 Å². The number of anilines is 2. The van der Waals surface area contributed by atoms with Crippen molar-refractivity contribution in [1.82, 2.24) is 0 Å². The zero-order chi connectivity index (χ0) is 21.7. The molecule has 0 aliphatic carbocycles. The molecular formula is C22H21ClN2O4S. The van der Waals surface area contributed by atoms with Crippen molar-refractivity contribution in [3.63, 3.8) is 0 Å². The molecule has 0 fully saturated rings.